The van der Waals surface area contributed by atoms with Crippen molar-refractivity contribution in [2.24, 2.45) is 0 Å². The van der Waals surface area contributed by atoms with Crippen molar-refractivity contribution in [1.29, 1.82) is 0 Å². The Hall–Kier alpha value is -1.44. The first-order chi connectivity index (χ1) is 10.1. The summed E-state index contributed by atoms with van der Waals surface area (Å²) in [6.07, 6.45) is 2.83. The summed E-state index contributed by atoms with van der Waals surface area (Å²) < 4.78 is 26.8. The van der Waals surface area contributed by atoms with Crippen molar-refractivity contribution >= 4 is 27.0 Å². The molecule has 0 fully saturated rings. The van der Waals surface area contributed by atoms with Crippen LogP contribution in [0.2, 0.25) is 0 Å². The molecule has 1 aromatic heterocycles. The van der Waals surface area contributed by atoms with Gasteiger partial charge in [-0.3, -0.25) is 0 Å². The molecule has 0 unspecified atom stereocenters. The van der Waals surface area contributed by atoms with E-state index < -0.39 is 10.0 Å². The van der Waals surface area contributed by atoms with Gasteiger partial charge in [0, 0.05) is 17.6 Å². The molecule has 2 aromatic rings. The smallest absolute Gasteiger partial charge is 0.242 e. The Morgan fingerprint density at radius 3 is 2.67 bits per heavy atom. The molecule has 0 spiro atoms. The number of benzene rings is 1. The number of nitrogens with zero attached hydrogens (tertiary/aromatic N) is 1. The average molecular weight is 325 g/mol. The van der Waals surface area contributed by atoms with Crippen LogP contribution in [0.3, 0.4) is 0 Å². The van der Waals surface area contributed by atoms with Gasteiger partial charge in [-0.15, -0.1) is 11.3 Å². The van der Waals surface area contributed by atoms with Gasteiger partial charge in [-0.2, -0.15) is 0 Å². The summed E-state index contributed by atoms with van der Waals surface area (Å²) in [5, 5.41) is 4.11. The lowest BCUT2D eigenvalue weighted by atomic mass is 10.3. The number of hydrogen-bond acceptors (Lipinski definition) is 5. The topological polar surface area (TPSA) is 71.1 Å². The highest BCUT2D eigenvalue weighted by Crippen LogP contribution is 2.22. The third kappa shape index (κ3) is 4.03. The molecule has 1 aromatic carbocycles. The molecule has 2 rings (SSSR count). The maximum Gasteiger partial charge on any atom is 0.242 e. The Kier molecular flexibility index (Phi) is 5.33. The van der Waals surface area contributed by atoms with Gasteiger partial charge in [-0.25, -0.2) is 18.1 Å². The first-order valence-corrected chi connectivity index (χ1v) is 9.13. The maximum absolute atomic E-state index is 12.2. The van der Waals surface area contributed by atoms with Crippen molar-refractivity contribution in [2.75, 3.05) is 11.9 Å². The van der Waals surface area contributed by atoms with E-state index in [9.17, 15) is 8.42 Å². The minimum absolute atomic E-state index is 0.263. The molecule has 1 heterocycles. The highest BCUT2D eigenvalue weighted by molar-refractivity contribution is 7.89. The molecule has 5 nitrogen and oxygen atoms in total. The number of hydrogen-bond donors (Lipinski definition) is 2. The molecule has 0 saturated heterocycles. The van der Waals surface area contributed by atoms with Crippen LogP contribution < -0.4 is 10.0 Å². The fourth-order valence-electron chi connectivity index (χ4n) is 1.88. The van der Waals surface area contributed by atoms with Crippen molar-refractivity contribution in [1.82, 2.24) is 9.71 Å². The van der Waals surface area contributed by atoms with Crippen LogP contribution in [0.5, 0.6) is 0 Å². The normalized spacial score (nSPS) is 11.5. The second kappa shape index (κ2) is 7.02. The van der Waals surface area contributed by atoms with Gasteiger partial charge in [0.25, 0.3) is 0 Å². The van der Waals surface area contributed by atoms with Gasteiger partial charge in [0.2, 0.25) is 10.0 Å². The second-order valence-electron chi connectivity index (χ2n) is 4.42. The van der Waals surface area contributed by atoms with E-state index in [-0.39, 0.29) is 4.90 Å². The molecule has 0 bridgehead atoms. The van der Waals surface area contributed by atoms with Gasteiger partial charge in [0.05, 0.1) is 12.2 Å². The summed E-state index contributed by atoms with van der Waals surface area (Å²) in [5.74, 6) is 0. The maximum atomic E-state index is 12.2. The summed E-state index contributed by atoms with van der Waals surface area (Å²) in [4.78, 5) is 5.81. The van der Waals surface area contributed by atoms with Gasteiger partial charge in [-0.1, -0.05) is 26.0 Å². The van der Waals surface area contributed by atoms with Crippen LogP contribution in [0.15, 0.2) is 35.4 Å². The number of thiazole rings is 1. The zero-order valence-electron chi connectivity index (χ0n) is 12.1. The fourth-order valence-corrected chi connectivity index (χ4v) is 3.90. The molecule has 0 radical (unpaired) electrons. The zero-order chi connectivity index (χ0) is 15.3. The zero-order valence-corrected chi connectivity index (χ0v) is 13.7. The molecule has 0 aliphatic rings. The minimum Gasteiger partial charge on any atom is -0.377 e. The van der Waals surface area contributed by atoms with Gasteiger partial charge in [0.1, 0.15) is 9.90 Å². The molecule has 114 valence electrons. The standard InChI is InChI=1S/C14H19N3O2S2/c1-3-11-9-16-14(20-11)10-15-12-7-5-6-8-13(12)21(18,19)17-4-2/h5-9,15,17H,3-4,10H2,1-2H3. The van der Waals surface area contributed by atoms with E-state index in [0.717, 1.165) is 11.4 Å². The first kappa shape index (κ1) is 15.9. The van der Waals surface area contributed by atoms with Crippen LogP contribution >= 0.6 is 11.3 Å². The lowest BCUT2D eigenvalue weighted by molar-refractivity contribution is 0.584. The van der Waals surface area contributed by atoms with Crippen molar-refractivity contribution in [3.63, 3.8) is 0 Å². The fraction of sp³-hybridized carbons (Fsp3) is 0.357. The number of rotatable bonds is 7. The number of nitrogens with one attached hydrogen (secondary N) is 2. The summed E-state index contributed by atoms with van der Waals surface area (Å²) in [6.45, 7) is 4.73. The number of anilines is 1. The first-order valence-electron chi connectivity index (χ1n) is 6.83. The number of para-hydroxylation sites is 1. The minimum atomic E-state index is -3.47. The molecule has 2 N–H and O–H groups in total. The van der Waals surface area contributed by atoms with E-state index in [1.54, 1.807) is 36.5 Å². The molecule has 0 aliphatic heterocycles. The van der Waals surface area contributed by atoms with Gasteiger partial charge < -0.3 is 5.32 Å². The van der Waals surface area contributed by atoms with Crippen LogP contribution in [0, 0.1) is 0 Å². The van der Waals surface area contributed by atoms with Crippen molar-refractivity contribution in [2.45, 2.75) is 31.7 Å². The summed E-state index contributed by atoms with van der Waals surface area (Å²) in [5.41, 5.74) is 0.590. The molecule has 0 aliphatic carbocycles. The summed E-state index contributed by atoms with van der Waals surface area (Å²) in [6, 6.07) is 6.89. The lowest BCUT2D eigenvalue weighted by Crippen LogP contribution is -2.24. The quantitative estimate of drug-likeness (QED) is 0.821. The molecule has 0 amide bonds. The predicted octanol–water partition coefficient (Wildman–Crippen LogP) is 2.62. The van der Waals surface area contributed by atoms with E-state index in [4.69, 9.17) is 0 Å². The number of aryl methyl sites for hydroxylation is 1. The van der Waals surface area contributed by atoms with E-state index in [1.807, 2.05) is 12.3 Å². The predicted molar refractivity (Wildman–Crippen MR) is 86.1 cm³/mol. The lowest BCUT2D eigenvalue weighted by Gasteiger charge is -2.11. The van der Waals surface area contributed by atoms with E-state index in [0.29, 0.717) is 18.8 Å². The molecule has 0 saturated carbocycles. The monoisotopic (exact) mass is 325 g/mol. The largest absolute Gasteiger partial charge is 0.377 e. The molecule has 0 atom stereocenters. The summed E-state index contributed by atoms with van der Waals surface area (Å²) >= 11 is 1.64. The molecular weight excluding hydrogens is 306 g/mol. The Labute approximate surface area is 129 Å². The summed E-state index contributed by atoms with van der Waals surface area (Å²) in [7, 11) is -3.47. The van der Waals surface area contributed by atoms with Crippen LogP contribution in [-0.4, -0.2) is 19.9 Å². The highest BCUT2D eigenvalue weighted by Gasteiger charge is 2.16. The SMILES string of the molecule is CCNS(=O)(=O)c1ccccc1NCc1ncc(CC)s1. The number of sulfonamides is 1. The Morgan fingerprint density at radius 1 is 1.24 bits per heavy atom. The Morgan fingerprint density at radius 2 is 2.00 bits per heavy atom. The van der Waals surface area contributed by atoms with Crippen molar-refractivity contribution in [3.05, 3.63) is 40.3 Å². The second-order valence-corrected chi connectivity index (χ2v) is 7.36. The van der Waals surface area contributed by atoms with Crippen LogP contribution in [0.4, 0.5) is 5.69 Å². The van der Waals surface area contributed by atoms with Gasteiger partial charge >= 0.3 is 0 Å². The third-order valence-corrected chi connectivity index (χ3v) is 5.64. The van der Waals surface area contributed by atoms with E-state index >= 15 is 0 Å². The third-order valence-electron chi connectivity index (χ3n) is 2.89. The Bertz CT molecular complexity index is 696. The van der Waals surface area contributed by atoms with Crippen LogP contribution in [0.1, 0.15) is 23.7 Å². The van der Waals surface area contributed by atoms with Crippen molar-refractivity contribution < 1.29 is 8.42 Å². The molecular formula is C14H19N3O2S2. The van der Waals surface area contributed by atoms with Crippen molar-refractivity contribution in [3.8, 4) is 0 Å². The number of aromatic nitrogens is 1. The van der Waals surface area contributed by atoms with Gasteiger partial charge in [0.15, 0.2) is 0 Å². The average Bonchev–Trinajstić information content (AvgIpc) is 2.93. The Balaban J connectivity index is 2.17. The van der Waals surface area contributed by atoms with Gasteiger partial charge in [-0.05, 0) is 18.6 Å². The molecule has 21 heavy (non-hydrogen) atoms. The van der Waals surface area contributed by atoms with E-state index in [2.05, 4.69) is 21.9 Å². The molecule has 7 heteroatoms. The van der Waals surface area contributed by atoms with E-state index in [1.165, 1.54) is 4.88 Å². The highest BCUT2D eigenvalue weighted by atomic mass is 32.2. The van der Waals surface area contributed by atoms with Crippen LogP contribution in [0.25, 0.3) is 0 Å². The van der Waals surface area contributed by atoms with Crippen LogP contribution in [-0.2, 0) is 23.0 Å².